The fourth-order valence-corrected chi connectivity index (χ4v) is 4.93. The molecule has 1 aliphatic rings. The lowest BCUT2D eigenvalue weighted by molar-refractivity contribution is 0.0532. The van der Waals surface area contributed by atoms with Gasteiger partial charge in [0.2, 0.25) is 10.0 Å². The number of rotatable bonds is 4. The number of thiophene rings is 1. The molecule has 1 aromatic heterocycles. The Kier molecular flexibility index (Phi) is 4.67. The minimum Gasteiger partial charge on any atom is -0.462 e. The monoisotopic (exact) mass is 354 g/mol. The van der Waals surface area contributed by atoms with Crippen molar-refractivity contribution in [1.82, 2.24) is 9.62 Å². The number of esters is 1. The number of hydrogen-bond donors (Lipinski definition) is 1. The number of nitrogens with one attached hydrogen (secondary N) is 1. The quantitative estimate of drug-likeness (QED) is 0.846. The smallest absolute Gasteiger partial charge is 0.348 e. The number of fused-ring (bicyclic) bond motifs is 1. The van der Waals surface area contributed by atoms with Crippen molar-refractivity contribution in [2.24, 2.45) is 0 Å². The molecule has 23 heavy (non-hydrogen) atoms. The van der Waals surface area contributed by atoms with Crippen LogP contribution in [0.1, 0.15) is 16.6 Å². The van der Waals surface area contributed by atoms with E-state index in [1.165, 1.54) is 15.6 Å². The normalized spacial score (nSPS) is 16.6. The van der Waals surface area contributed by atoms with E-state index in [-0.39, 0.29) is 10.9 Å². The fraction of sp³-hybridized carbons (Fsp3) is 0.400. The summed E-state index contributed by atoms with van der Waals surface area (Å²) < 4.78 is 32.7. The molecule has 0 bridgehead atoms. The van der Waals surface area contributed by atoms with Gasteiger partial charge in [-0.2, -0.15) is 4.31 Å². The highest BCUT2D eigenvalue weighted by molar-refractivity contribution is 7.89. The Bertz CT molecular complexity index is 823. The maximum Gasteiger partial charge on any atom is 0.348 e. The van der Waals surface area contributed by atoms with E-state index in [4.69, 9.17) is 4.74 Å². The Hall–Kier alpha value is -1.48. The molecular formula is C15H18N2O4S2. The van der Waals surface area contributed by atoms with Crippen LogP contribution in [0.5, 0.6) is 0 Å². The third kappa shape index (κ3) is 3.25. The zero-order valence-corrected chi connectivity index (χ0v) is 14.4. The summed E-state index contributed by atoms with van der Waals surface area (Å²) in [7, 11) is -3.49. The van der Waals surface area contributed by atoms with E-state index in [1.54, 1.807) is 31.2 Å². The number of benzene rings is 1. The average molecular weight is 354 g/mol. The first-order chi connectivity index (χ1) is 11.0. The molecular weight excluding hydrogens is 336 g/mol. The summed E-state index contributed by atoms with van der Waals surface area (Å²) >= 11 is 1.31. The van der Waals surface area contributed by atoms with Crippen LogP contribution >= 0.6 is 11.3 Å². The van der Waals surface area contributed by atoms with Crippen LogP contribution in [0.15, 0.2) is 29.2 Å². The highest BCUT2D eigenvalue weighted by Crippen LogP contribution is 2.29. The molecule has 2 heterocycles. The van der Waals surface area contributed by atoms with Gasteiger partial charge in [-0.25, -0.2) is 13.2 Å². The van der Waals surface area contributed by atoms with Gasteiger partial charge in [0.25, 0.3) is 0 Å². The standard InChI is InChI=1S/C15H18N2O4S2/c1-2-21-15(18)14-10-11-9-12(3-4-13(11)22-14)23(19,20)17-7-5-16-6-8-17/h3-4,9-10,16H,2,5-8H2,1H3. The molecule has 0 unspecified atom stereocenters. The fourth-order valence-electron chi connectivity index (χ4n) is 2.52. The van der Waals surface area contributed by atoms with Gasteiger partial charge in [-0.15, -0.1) is 11.3 Å². The van der Waals surface area contributed by atoms with Crippen LogP contribution in [0.4, 0.5) is 0 Å². The van der Waals surface area contributed by atoms with Crippen LogP contribution in [0.2, 0.25) is 0 Å². The first kappa shape index (κ1) is 16.4. The van der Waals surface area contributed by atoms with Gasteiger partial charge in [0, 0.05) is 30.9 Å². The van der Waals surface area contributed by atoms with Gasteiger partial charge < -0.3 is 10.1 Å². The van der Waals surface area contributed by atoms with Gasteiger partial charge in [0.05, 0.1) is 11.5 Å². The van der Waals surface area contributed by atoms with Crippen molar-refractivity contribution in [3.8, 4) is 0 Å². The van der Waals surface area contributed by atoms with Crippen molar-refractivity contribution in [3.05, 3.63) is 29.1 Å². The second kappa shape index (κ2) is 6.56. The molecule has 0 saturated carbocycles. The Morgan fingerprint density at radius 2 is 2.04 bits per heavy atom. The van der Waals surface area contributed by atoms with Crippen molar-refractivity contribution < 1.29 is 17.9 Å². The lowest BCUT2D eigenvalue weighted by Gasteiger charge is -2.26. The highest BCUT2D eigenvalue weighted by Gasteiger charge is 2.26. The highest BCUT2D eigenvalue weighted by atomic mass is 32.2. The molecule has 124 valence electrons. The summed E-state index contributed by atoms with van der Waals surface area (Å²) in [6.07, 6.45) is 0. The van der Waals surface area contributed by atoms with Crippen LogP contribution in [-0.2, 0) is 14.8 Å². The molecule has 0 amide bonds. The molecule has 2 aromatic rings. The SMILES string of the molecule is CCOC(=O)c1cc2cc(S(=O)(=O)N3CCNCC3)ccc2s1. The van der Waals surface area contributed by atoms with E-state index < -0.39 is 10.0 Å². The van der Waals surface area contributed by atoms with E-state index in [0.717, 1.165) is 10.1 Å². The molecule has 0 radical (unpaired) electrons. The minimum atomic E-state index is -3.49. The molecule has 0 aliphatic carbocycles. The van der Waals surface area contributed by atoms with Crippen LogP contribution in [-0.4, -0.2) is 51.5 Å². The second-order valence-corrected chi connectivity index (χ2v) is 8.21. The molecule has 3 rings (SSSR count). The predicted molar refractivity (Wildman–Crippen MR) is 89.4 cm³/mol. The largest absolute Gasteiger partial charge is 0.462 e. The third-order valence-electron chi connectivity index (χ3n) is 3.68. The van der Waals surface area contributed by atoms with Crippen molar-refractivity contribution in [2.45, 2.75) is 11.8 Å². The van der Waals surface area contributed by atoms with Crippen molar-refractivity contribution in [1.29, 1.82) is 0 Å². The number of ether oxygens (including phenoxy) is 1. The third-order valence-corrected chi connectivity index (χ3v) is 6.67. The Labute approximate surface area is 139 Å². The Morgan fingerprint density at radius 3 is 2.74 bits per heavy atom. The van der Waals surface area contributed by atoms with E-state index in [9.17, 15) is 13.2 Å². The summed E-state index contributed by atoms with van der Waals surface area (Å²) in [5.41, 5.74) is 0. The predicted octanol–water partition coefficient (Wildman–Crippen LogP) is 1.67. The van der Waals surface area contributed by atoms with E-state index in [1.807, 2.05) is 0 Å². The maximum absolute atomic E-state index is 12.7. The van der Waals surface area contributed by atoms with Gasteiger partial charge >= 0.3 is 5.97 Å². The summed E-state index contributed by atoms with van der Waals surface area (Å²) in [6.45, 7) is 4.33. The van der Waals surface area contributed by atoms with Gasteiger partial charge in [-0.05, 0) is 36.6 Å². The van der Waals surface area contributed by atoms with Gasteiger partial charge in [0.15, 0.2) is 0 Å². The summed E-state index contributed by atoms with van der Waals surface area (Å²) in [6, 6.07) is 6.67. The zero-order valence-electron chi connectivity index (χ0n) is 12.7. The number of piperazine rings is 1. The van der Waals surface area contributed by atoms with Gasteiger partial charge in [-0.1, -0.05) is 0 Å². The molecule has 1 aromatic carbocycles. The molecule has 8 heteroatoms. The van der Waals surface area contributed by atoms with Crippen LogP contribution in [0.3, 0.4) is 0 Å². The van der Waals surface area contributed by atoms with E-state index in [2.05, 4.69) is 5.32 Å². The topological polar surface area (TPSA) is 75.7 Å². The number of hydrogen-bond acceptors (Lipinski definition) is 6. The number of nitrogens with zero attached hydrogens (tertiary/aromatic N) is 1. The van der Waals surface area contributed by atoms with Crippen LogP contribution < -0.4 is 5.32 Å². The summed E-state index contributed by atoms with van der Waals surface area (Å²) in [5, 5.41) is 3.88. The van der Waals surface area contributed by atoms with E-state index in [0.29, 0.717) is 37.7 Å². The molecule has 1 fully saturated rings. The Balaban J connectivity index is 1.94. The number of carbonyl (C=O) groups excluding carboxylic acids is 1. The van der Waals surface area contributed by atoms with Crippen molar-refractivity contribution in [2.75, 3.05) is 32.8 Å². The van der Waals surface area contributed by atoms with E-state index >= 15 is 0 Å². The van der Waals surface area contributed by atoms with Crippen molar-refractivity contribution in [3.63, 3.8) is 0 Å². The lowest BCUT2D eigenvalue weighted by atomic mass is 10.2. The average Bonchev–Trinajstić information content (AvgIpc) is 2.99. The molecule has 1 N–H and O–H groups in total. The molecule has 6 nitrogen and oxygen atoms in total. The molecule has 1 aliphatic heterocycles. The maximum atomic E-state index is 12.7. The Morgan fingerprint density at radius 1 is 1.30 bits per heavy atom. The van der Waals surface area contributed by atoms with Gasteiger partial charge in [-0.3, -0.25) is 0 Å². The lowest BCUT2D eigenvalue weighted by Crippen LogP contribution is -2.46. The first-order valence-electron chi connectivity index (χ1n) is 7.44. The van der Waals surface area contributed by atoms with Crippen LogP contribution in [0.25, 0.3) is 10.1 Å². The zero-order chi connectivity index (χ0) is 16.4. The van der Waals surface area contributed by atoms with Gasteiger partial charge in [0.1, 0.15) is 4.88 Å². The molecule has 0 spiro atoms. The number of sulfonamides is 1. The second-order valence-electron chi connectivity index (χ2n) is 5.18. The van der Waals surface area contributed by atoms with Crippen molar-refractivity contribution >= 4 is 37.4 Å². The van der Waals surface area contributed by atoms with Crippen LogP contribution in [0, 0.1) is 0 Å². The molecule has 0 atom stereocenters. The first-order valence-corrected chi connectivity index (χ1v) is 9.69. The molecule has 1 saturated heterocycles. The number of carbonyl (C=O) groups is 1. The minimum absolute atomic E-state index is 0.264. The summed E-state index contributed by atoms with van der Waals surface area (Å²) in [4.78, 5) is 12.5. The summed E-state index contributed by atoms with van der Waals surface area (Å²) in [5.74, 6) is -0.375.